The van der Waals surface area contributed by atoms with E-state index in [2.05, 4.69) is 21.3 Å². The van der Waals surface area contributed by atoms with Crippen molar-refractivity contribution in [2.24, 2.45) is 0 Å². The van der Waals surface area contributed by atoms with Crippen molar-refractivity contribution in [3.63, 3.8) is 0 Å². The second kappa shape index (κ2) is 7.10. The summed E-state index contributed by atoms with van der Waals surface area (Å²) >= 11 is 0. The summed E-state index contributed by atoms with van der Waals surface area (Å²) in [6, 6.07) is 6.40. The molecule has 4 nitrogen and oxygen atoms in total. The molecule has 1 atom stereocenters. The molecule has 98 valence electrons. The number of hydrogen-bond donors (Lipinski definition) is 1. The second-order valence-corrected chi connectivity index (χ2v) is 4.82. The summed E-state index contributed by atoms with van der Waals surface area (Å²) in [5, 5.41) is 12.4. The molecule has 0 saturated carbocycles. The lowest BCUT2D eigenvalue weighted by Gasteiger charge is -2.28. The minimum absolute atomic E-state index is 0.470. The molecule has 0 aromatic carbocycles. The first-order valence-corrected chi connectivity index (χ1v) is 6.33. The van der Waals surface area contributed by atoms with Gasteiger partial charge in [-0.1, -0.05) is 6.92 Å². The van der Waals surface area contributed by atoms with E-state index in [0.29, 0.717) is 0 Å². The van der Waals surface area contributed by atoms with Gasteiger partial charge in [0.05, 0.1) is 6.07 Å². The Hall–Kier alpha value is -1.44. The molecular formula is C14H22N4. The SMILES string of the molecule is CCNC(C)(C#N)CN(C)CCc1ccncc1. The monoisotopic (exact) mass is 246 g/mol. The molecule has 1 unspecified atom stereocenters. The van der Waals surface area contributed by atoms with E-state index in [0.717, 1.165) is 26.1 Å². The van der Waals surface area contributed by atoms with E-state index in [1.165, 1.54) is 5.56 Å². The third-order valence-electron chi connectivity index (χ3n) is 2.93. The summed E-state index contributed by atoms with van der Waals surface area (Å²) in [6.45, 7) is 6.43. The molecule has 0 aliphatic carbocycles. The van der Waals surface area contributed by atoms with Crippen LogP contribution in [0.4, 0.5) is 0 Å². The van der Waals surface area contributed by atoms with E-state index in [-0.39, 0.29) is 0 Å². The lowest BCUT2D eigenvalue weighted by Crippen LogP contribution is -2.49. The van der Waals surface area contributed by atoms with E-state index in [4.69, 9.17) is 0 Å². The summed E-state index contributed by atoms with van der Waals surface area (Å²) in [7, 11) is 2.05. The molecule has 0 spiro atoms. The molecule has 18 heavy (non-hydrogen) atoms. The minimum Gasteiger partial charge on any atom is -0.303 e. The molecule has 1 aromatic rings. The summed E-state index contributed by atoms with van der Waals surface area (Å²) in [6.07, 6.45) is 4.60. The molecular weight excluding hydrogens is 224 g/mol. The van der Waals surface area contributed by atoms with Gasteiger partial charge in [-0.3, -0.25) is 10.3 Å². The van der Waals surface area contributed by atoms with Crippen molar-refractivity contribution < 1.29 is 0 Å². The first-order chi connectivity index (χ1) is 8.59. The van der Waals surface area contributed by atoms with Gasteiger partial charge in [0.1, 0.15) is 5.54 Å². The lowest BCUT2D eigenvalue weighted by atomic mass is 10.0. The largest absolute Gasteiger partial charge is 0.303 e. The van der Waals surface area contributed by atoms with Crippen LogP contribution < -0.4 is 5.32 Å². The van der Waals surface area contributed by atoms with E-state index >= 15 is 0 Å². The average Bonchev–Trinajstić information content (AvgIpc) is 2.38. The topological polar surface area (TPSA) is 52.0 Å². The molecule has 0 amide bonds. The third-order valence-corrected chi connectivity index (χ3v) is 2.93. The van der Waals surface area contributed by atoms with Gasteiger partial charge in [-0.2, -0.15) is 5.26 Å². The van der Waals surface area contributed by atoms with E-state index in [1.807, 2.05) is 45.4 Å². The fourth-order valence-corrected chi connectivity index (χ4v) is 2.01. The zero-order chi connectivity index (χ0) is 13.4. The Bertz CT molecular complexity index is 385. The van der Waals surface area contributed by atoms with Crippen molar-refractivity contribution >= 4 is 0 Å². The van der Waals surface area contributed by atoms with Gasteiger partial charge in [0.25, 0.3) is 0 Å². The van der Waals surface area contributed by atoms with Crippen LogP contribution in [-0.4, -0.2) is 42.1 Å². The van der Waals surface area contributed by atoms with Crippen molar-refractivity contribution in [1.29, 1.82) is 5.26 Å². The maximum Gasteiger partial charge on any atom is 0.116 e. The average molecular weight is 246 g/mol. The number of nitrogens with zero attached hydrogens (tertiary/aromatic N) is 3. The van der Waals surface area contributed by atoms with Gasteiger partial charge in [0.15, 0.2) is 0 Å². The van der Waals surface area contributed by atoms with Gasteiger partial charge in [0.2, 0.25) is 0 Å². The van der Waals surface area contributed by atoms with Crippen molar-refractivity contribution in [2.75, 3.05) is 26.7 Å². The van der Waals surface area contributed by atoms with Crippen molar-refractivity contribution in [2.45, 2.75) is 25.8 Å². The highest BCUT2D eigenvalue weighted by atomic mass is 15.1. The van der Waals surface area contributed by atoms with Crippen LogP contribution in [0.25, 0.3) is 0 Å². The smallest absolute Gasteiger partial charge is 0.116 e. The summed E-state index contributed by atoms with van der Waals surface area (Å²) in [5.41, 5.74) is 0.806. The Morgan fingerprint density at radius 2 is 2.11 bits per heavy atom. The molecule has 1 N–H and O–H groups in total. The van der Waals surface area contributed by atoms with Crippen LogP contribution in [0.3, 0.4) is 0 Å². The van der Waals surface area contributed by atoms with Crippen LogP contribution >= 0.6 is 0 Å². The van der Waals surface area contributed by atoms with Crippen LogP contribution in [0.5, 0.6) is 0 Å². The highest BCUT2D eigenvalue weighted by Crippen LogP contribution is 2.05. The van der Waals surface area contributed by atoms with Crippen molar-refractivity contribution in [3.05, 3.63) is 30.1 Å². The fraction of sp³-hybridized carbons (Fsp3) is 0.571. The number of rotatable bonds is 7. The van der Waals surface area contributed by atoms with Crippen LogP contribution in [0, 0.1) is 11.3 Å². The van der Waals surface area contributed by atoms with Crippen LogP contribution in [0.1, 0.15) is 19.4 Å². The minimum atomic E-state index is -0.470. The third kappa shape index (κ3) is 4.82. The number of hydrogen-bond acceptors (Lipinski definition) is 4. The Balaban J connectivity index is 2.42. The quantitative estimate of drug-likeness (QED) is 0.791. The van der Waals surface area contributed by atoms with Gasteiger partial charge in [-0.15, -0.1) is 0 Å². The number of likely N-dealkylation sites (N-methyl/N-ethyl adjacent to an activating group) is 2. The zero-order valence-electron chi connectivity index (χ0n) is 11.5. The van der Waals surface area contributed by atoms with E-state index < -0.39 is 5.54 Å². The maximum absolute atomic E-state index is 9.20. The summed E-state index contributed by atoms with van der Waals surface area (Å²) in [5.74, 6) is 0. The first kappa shape index (κ1) is 14.6. The standard InChI is InChI=1S/C14H22N4/c1-4-17-14(2,11-15)12-18(3)10-7-13-5-8-16-9-6-13/h5-6,8-9,17H,4,7,10,12H2,1-3H3. The predicted molar refractivity (Wildman–Crippen MR) is 73.1 cm³/mol. The molecule has 4 heteroatoms. The summed E-state index contributed by atoms with van der Waals surface area (Å²) < 4.78 is 0. The Kier molecular flexibility index (Phi) is 5.76. The van der Waals surface area contributed by atoms with E-state index in [9.17, 15) is 5.26 Å². The van der Waals surface area contributed by atoms with Gasteiger partial charge < -0.3 is 4.90 Å². The van der Waals surface area contributed by atoms with Crippen LogP contribution in [0.15, 0.2) is 24.5 Å². The molecule has 1 heterocycles. The Morgan fingerprint density at radius 1 is 1.44 bits per heavy atom. The molecule has 0 fully saturated rings. The fourth-order valence-electron chi connectivity index (χ4n) is 2.01. The first-order valence-electron chi connectivity index (χ1n) is 6.33. The van der Waals surface area contributed by atoms with Crippen molar-refractivity contribution in [3.8, 4) is 6.07 Å². The van der Waals surface area contributed by atoms with Crippen LogP contribution in [0.2, 0.25) is 0 Å². The molecule has 0 radical (unpaired) electrons. The molecule has 0 bridgehead atoms. The normalized spacial score (nSPS) is 14.2. The van der Waals surface area contributed by atoms with Crippen molar-refractivity contribution in [1.82, 2.24) is 15.2 Å². The van der Waals surface area contributed by atoms with Gasteiger partial charge in [-0.25, -0.2) is 0 Å². The summed E-state index contributed by atoms with van der Waals surface area (Å²) in [4.78, 5) is 6.19. The molecule has 0 aliphatic heterocycles. The number of nitrogens with one attached hydrogen (secondary N) is 1. The van der Waals surface area contributed by atoms with Crippen LogP contribution in [-0.2, 0) is 6.42 Å². The Labute approximate surface area is 110 Å². The Morgan fingerprint density at radius 3 is 2.67 bits per heavy atom. The highest BCUT2D eigenvalue weighted by molar-refractivity contribution is 5.10. The molecule has 0 aliphatic rings. The number of nitriles is 1. The number of pyridine rings is 1. The van der Waals surface area contributed by atoms with Gasteiger partial charge >= 0.3 is 0 Å². The molecule has 0 saturated heterocycles. The predicted octanol–water partition coefficient (Wildman–Crippen LogP) is 1.45. The highest BCUT2D eigenvalue weighted by Gasteiger charge is 2.23. The maximum atomic E-state index is 9.20. The second-order valence-electron chi connectivity index (χ2n) is 4.82. The lowest BCUT2D eigenvalue weighted by molar-refractivity contribution is 0.265. The van der Waals surface area contributed by atoms with Gasteiger partial charge in [0, 0.05) is 25.5 Å². The number of aromatic nitrogens is 1. The van der Waals surface area contributed by atoms with Gasteiger partial charge in [-0.05, 0) is 44.6 Å². The molecule has 1 rings (SSSR count). The zero-order valence-corrected chi connectivity index (χ0v) is 11.5. The molecule has 1 aromatic heterocycles. The van der Waals surface area contributed by atoms with E-state index in [1.54, 1.807) is 0 Å².